The van der Waals surface area contributed by atoms with Crippen molar-refractivity contribution in [3.05, 3.63) is 35.1 Å². The minimum atomic E-state index is -0.903. The number of carbonyl (C=O) groups is 1. The standard InChI is InChI=1S/C11H13FO2/c1-7-4-3-5-9(12)11(7)8(2)6-10(13)14/h3-5,8H,6H2,1-2H3,(H,13,14). The Morgan fingerprint density at radius 2 is 2.21 bits per heavy atom. The Morgan fingerprint density at radius 1 is 1.57 bits per heavy atom. The van der Waals surface area contributed by atoms with E-state index in [0.29, 0.717) is 5.56 Å². The Balaban J connectivity index is 2.99. The molecule has 1 N–H and O–H groups in total. The molecule has 2 nitrogen and oxygen atoms in total. The molecule has 0 radical (unpaired) electrons. The molecule has 3 heteroatoms. The molecule has 0 aliphatic heterocycles. The highest BCUT2D eigenvalue weighted by Crippen LogP contribution is 2.25. The second-order valence-corrected chi connectivity index (χ2v) is 3.47. The summed E-state index contributed by atoms with van der Waals surface area (Å²) in [6.07, 6.45) is -0.0399. The fourth-order valence-corrected chi connectivity index (χ4v) is 1.63. The molecule has 0 aliphatic carbocycles. The van der Waals surface area contributed by atoms with Gasteiger partial charge in [-0.1, -0.05) is 19.1 Å². The van der Waals surface area contributed by atoms with E-state index in [1.807, 2.05) is 0 Å². The van der Waals surface area contributed by atoms with Crippen molar-refractivity contribution in [1.82, 2.24) is 0 Å². The molecule has 1 rings (SSSR count). The van der Waals surface area contributed by atoms with Crippen LogP contribution in [0.25, 0.3) is 0 Å². The third kappa shape index (κ3) is 2.31. The van der Waals surface area contributed by atoms with E-state index in [1.165, 1.54) is 6.07 Å². The van der Waals surface area contributed by atoms with Crippen LogP contribution in [0.1, 0.15) is 30.4 Å². The Bertz CT molecular complexity index is 327. The third-order valence-corrected chi connectivity index (χ3v) is 2.24. The fraction of sp³-hybridized carbons (Fsp3) is 0.364. The van der Waals surface area contributed by atoms with Crippen LogP contribution in [0.5, 0.6) is 0 Å². The van der Waals surface area contributed by atoms with Gasteiger partial charge in [0, 0.05) is 0 Å². The van der Waals surface area contributed by atoms with Crippen molar-refractivity contribution < 1.29 is 14.3 Å². The van der Waals surface area contributed by atoms with Gasteiger partial charge < -0.3 is 5.11 Å². The maximum atomic E-state index is 13.4. The highest BCUT2D eigenvalue weighted by atomic mass is 19.1. The molecule has 0 aromatic heterocycles. The molecule has 0 saturated heterocycles. The summed E-state index contributed by atoms with van der Waals surface area (Å²) in [6.45, 7) is 3.51. The van der Waals surface area contributed by atoms with Crippen molar-refractivity contribution >= 4 is 5.97 Å². The molecule has 0 fully saturated rings. The number of aryl methyl sites for hydroxylation is 1. The van der Waals surface area contributed by atoms with Crippen LogP contribution < -0.4 is 0 Å². The zero-order valence-corrected chi connectivity index (χ0v) is 8.25. The molecule has 76 valence electrons. The summed E-state index contributed by atoms with van der Waals surface area (Å²) in [5.74, 6) is -1.51. The molecule has 0 aliphatic rings. The lowest BCUT2D eigenvalue weighted by Crippen LogP contribution is -2.06. The average molecular weight is 196 g/mol. The van der Waals surface area contributed by atoms with Crippen molar-refractivity contribution in [2.75, 3.05) is 0 Å². The number of aliphatic carboxylic acids is 1. The summed E-state index contributed by atoms with van der Waals surface area (Å²) in [4.78, 5) is 10.5. The largest absolute Gasteiger partial charge is 0.481 e. The van der Waals surface area contributed by atoms with Gasteiger partial charge in [0.05, 0.1) is 6.42 Å². The molecule has 0 spiro atoms. The molecular weight excluding hydrogens is 183 g/mol. The highest BCUT2D eigenvalue weighted by Gasteiger charge is 2.15. The van der Waals surface area contributed by atoms with Gasteiger partial charge >= 0.3 is 5.97 Å². The van der Waals surface area contributed by atoms with Crippen molar-refractivity contribution in [2.24, 2.45) is 0 Å². The molecule has 1 atom stereocenters. The molecular formula is C11H13FO2. The van der Waals surface area contributed by atoms with Crippen LogP contribution in [0.3, 0.4) is 0 Å². The van der Waals surface area contributed by atoms with E-state index in [-0.39, 0.29) is 18.2 Å². The highest BCUT2D eigenvalue weighted by molar-refractivity contribution is 5.68. The SMILES string of the molecule is Cc1cccc(F)c1C(C)CC(=O)O. The quantitative estimate of drug-likeness (QED) is 0.807. The topological polar surface area (TPSA) is 37.3 Å². The van der Waals surface area contributed by atoms with Crippen LogP contribution in [-0.2, 0) is 4.79 Å². The van der Waals surface area contributed by atoms with Gasteiger partial charge in [0.25, 0.3) is 0 Å². The summed E-state index contributed by atoms with van der Waals surface area (Å²) in [7, 11) is 0. The van der Waals surface area contributed by atoms with E-state index in [2.05, 4.69) is 0 Å². The number of hydrogen-bond donors (Lipinski definition) is 1. The minimum Gasteiger partial charge on any atom is -0.481 e. The molecule has 1 aromatic rings. The van der Waals surface area contributed by atoms with Crippen molar-refractivity contribution in [2.45, 2.75) is 26.2 Å². The van der Waals surface area contributed by atoms with Crippen LogP contribution in [0.2, 0.25) is 0 Å². The third-order valence-electron chi connectivity index (χ3n) is 2.24. The zero-order valence-electron chi connectivity index (χ0n) is 8.25. The zero-order chi connectivity index (χ0) is 10.7. The lowest BCUT2D eigenvalue weighted by Gasteiger charge is -2.13. The first kappa shape index (κ1) is 10.7. The van der Waals surface area contributed by atoms with Gasteiger partial charge in [-0.15, -0.1) is 0 Å². The number of benzene rings is 1. The second-order valence-electron chi connectivity index (χ2n) is 3.47. The van der Waals surface area contributed by atoms with Crippen LogP contribution in [0.4, 0.5) is 4.39 Å². The Kier molecular flexibility index (Phi) is 3.23. The Hall–Kier alpha value is -1.38. The van der Waals surface area contributed by atoms with Gasteiger partial charge in [-0.2, -0.15) is 0 Å². The van der Waals surface area contributed by atoms with E-state index in [4.69, 9.17) is 5.11 Å². The van der Waals surface area contributed by atoms with Gasteiger partial charge in [-0.25, -0.2) is 4.39 Å². The summed E-state index contributed by atoms with van der Waals surface area (Å²) in [5.41, 5.74) is 1.31. The maximum absolute atomic E-state index is 13.4. The van der Waals surface area contributed by atoms with E-state index >= 15 is 0 Å². The number of rotatable bonds is 3. The van der Waals surface area contributed by atoms with Crippen LogP contribution >= 0.6 is 0 Å². The van der Waals surface area contributed by atoms with Gasteiger partial charge in [-0.3, -0.25) is 4.79 Å². The van der Waals surface area contributed by atoms with Gasteiger partial charge in [0.2, 0.25) is 0 Å². The molecule has 0 amide bonds. The van der Waals surface area contributed by atoms with E-state index < -0.39 is 5.97 Å². The number of carboxylic acids is 1. The molecule has 14 heavy (non-hydrogen) atoms. The second kappa shape index (κ2) is 4.22. The Morgan fingerprint density at radius 3 is 2.71 bits per heavy atom. The maximum Gasteiger partial charge on any atom is 0.303 e. The number of halogens is 1. The van der Waals surface area contributed by atoms with Gasteiger partial charge in [0.15, 0.2) is 0 Å². The van der Waals surface area contributed by atoms with Crippen LogP contribution in [0.15, 0.2) is 18.2 Å². The first-order valence-electron chi connectivity index (χ1n) is 4.49. The van der Waals surface area contributed by atoms with Crippen molar-refractivity contribution in [3.63, 3.8) is 0 Å². The molecule has 1 unspecified atom stereocenters. The van der Waals surface area contributed by atoms with E-state index in [0.717, 1.165) is 5.56 Å². The lowest BCUT2D eigenvalue weighted by molar-refractivity contribution is -0.137. The normalized spacial score (nSPS) is 12.5. The van der Waals surface area contributed by atoms with Gasteiger partial charge in [0.1, 0.15) is 5.82 Å². The van der Waals surface area contributed by atoms with Crippen LogP contribution in [-0.4, -0.2) is 11.1 Å². The summed E-state index contributed by atoms with van der Waals surface area (Å²) in [5, 5.41) is 8.60. The van der Waals surface area contributed by atoms with E-state index in [1.54, 1.807) is 26.0 Å². The molecule has 0 heterocycles. The average Bonchev–Trinajstić information content (AvgIpc) is 2.01. The predicted octanol–water partition coefficient (Wildman–Crippen LogP) is 2.71. The fourth-order valence-electron chi connectivity index (χ4n) is 1.63. The van der Waals surface area contributed by atoms with Crippen LogP contribution in [0, 0.1) is 12.7 Å². The lowest BCUT2D eigenvalue weighted by atomic mass is 9.93. The smallest absolute Gasteiger partial charge is 0.303 e. The predicted molar refractivity (Wildman–Crippen MR) is 51.8 cm³/mol. The Labute approximate surface area is 82.4 Å². The monoisotopic (exact) mass is 196 g/mol. The number of hydrogen-bond acceptors (Lipinski definition) is 1. The van der Waals surface area contributed by atoms with Crippen molar-refractivity contribution in [1.29, 1.82) is 0 Å². The first-order valence-corrected chi connectivity index (χ1v) is 4.49. The summed E-state index contributed by atoms with van der Waals surface area (Å²) >= 11 is 0. The molecule has 0 bridgehead atoms. The van der Waals surface area contributed by atoms with Gasteiger partial charge in [-0.05, 0) is 30.0 Å². The minimum absolute atomic E-state index is 0.0399. The number of carboxylic acid groups (broad SMARTS) is 1. The van der Waals surface area contributed by atoms with E-state index in [9.17, 15) is 9.18 Å². The van der Waals surface area contributed by atoms with Crippen molar-refractivity contribution in [3.8, 4) is 0 Å². The summed E-state index contributed by atoms with van der Waals surface area (Å²) in [6, 6.07) is 4.78. The first-order chi connectivity index (χ1) is 6.52. The molecule has 1 aromatic carbocycles. The summed E-state index contributed by atoms with van der Waals surface area (Å²) < 4.78 is 13.4. The molecule has 0 saturated carbocycles.